The van der Waals surface area contributed by atoms with Gasteiger partial charge in [-0.3, -0.25) is 0 Å². The number of nitrogens with zero attached hydrogens (tertiary/aromatic N) is 3. The van der Waals surface area contributed by atoms with Crippen molar-refractivity contribution >= 4 is 11.5 Å². The van der Waals surface area contributed by atoms with Crippen LogP contribution < -0.4 is 11.0 Å². The van der Waals surface area contributed by atoms with Gasteiger partial charge >= 0.3 is 5.69 Å². The monoisotopic (exact) mass is 249 g/mol. The summed E-state index contributed by atoms with van der Waals surface area (Å²) in [6.07, 6.45) is 4.99. The van der Waals surface area contributed by atoms with Crippen LogP contribution in [-0.2, 0) is 4.74 Å². The zero-order chi connectivity index (χ0) is 12.5. The molecule has 1 saturated carbocycles. The lowest BCUT2D eigenvalue weighted by molar-refractivity contribution is 0.101. The fraction of sp³-hybridized carbons (Fsp3) is 0.545. The summed E-state index contributed by atoms with van der Waals surface area (Å²) in [5.41, 5.74) is 0.282. The molecule has 18 heavy (non-hydrogen) atoms. The van der Waals surface area contributed by atoms with Gasteiger partial charge in [0.25, 0.3) is 0 Å². The average Bonchev–Trinajstić information content (AvgIpc) is 2.97. The Morgan fingerprint density at radius 3 is 3.28 bits per heavy atom. The van der Waals surface area contributed by atoms with Crippen molar-refractivity contribution in [1.82, 2.24) is 19.6 Å². The minimum absolute atomic E-state index is 0.226. The molecule has 2 heterocycles. The number of H-pyrrole nitrogens is 1. The first-order valence-corrected chi connectivity index (χ1v) is 6.00. The molecule has 2 atom stereocenters. The highest BCUT2D eigenvalue weighted by Gasteiger charge is 2.27. The van der Waals surface area contributed by atoms with E-state index in [1.807, 2.05) is 0 Å². The molecule has 2 unspecified atom stereocenters. The summed E-state index contributed by atoms with van der Waals surface area (Å²) < 4.78 is 6.79. The predicted molar refractivity (Wildman–Crippen MR) is 65.7 cm³/mol. The van der Waals surface area contributed by atoms with Gasteiger partial charge in [0, 0.05) is 13.2 Å². The molecule has 2 N–H and O–H groups in total. The van der Waals surface area contributed by atoms with Gasteiger partial charge in [0.1, 0.15) is 12.1 Å². The van der Waals surface area contributed by atoms with E-state index in [2.05, 4.69) is 20.5 Å². The zero-order valence-corrected chi connectivity index (χ0v) is 10.1. The van der Waals surface area contributed by atoms with Gasteiger partial charge < -0.3 is 10.1 Å². The molecular formula is C11H15N5O2. The molecule has 0 spiro atoms. The molecule has 0 aromatic carbocycles. The Bertz CT molecular complexity index is 605. The quantitative estimate of drug-likeness (QED) is 0.822. The number of fused-ring (bicyclic) bond motifs is 1. The van der Waals surface area contributed by atoms with Gasteiger partial charge in [-0.15, -0.1) is 0 Å². The van der Waals surface area contributed by atoms with Crippen molar-refractivity contribution in [2.24, 2.45) is 0 Å². The lowest BCUT2D eigenvalue weighted by atomic mass is 10.2. The van der Waals surface area contributed by atoms with Crippen molar-refractivity contribution in [2.75, 3.05) is 12.4 Å². The minimum Gasteiger partial charge on any atom is -0.379 e. The number of aromatic amines is 1. The largest absolute Gasteiger partial charge is 0.379 e. The maximum absolute atomic E-state index is 11.3. The lowest BCUT2D eigenvalue weighted by Crippen LogP contribution is -2.30. The van der Waals surface area contributed by atoms with Crippen molar-refractivity contribution in [3.63, 3.8) is 0 Å². The maximum Gasteiger partial charge on any atom is 0.348 e. The highest BCUT2D eigenvalue weighted by atomic mass is 16.5. The van der Waals surface area contributed by atoms with Crippen LogP contribution >= 0.6 is 0 Å². The number of hydrogen-bond acceptors (Lipinski definition) is 5. The molecule has 0 bridgehead atoms. The van der Waals surface area contributed by atoms with Crippen LogP contribution in [0.15, 0.2) is 17.2 Å². The zero-order valence-electron chi connectivity index (χ0n) is 10.1. The lowest BCUT2D eigenvalue weighted by Gasteiger charge is -2.19. The van der Waals surface area contributed by atoms with Crippen molar-refractivity contribution in [2.45, 2.75) is 31.4 Å². The van der Waals surface area contributed by atoms with E-state index in [-0.39, 0.29) is 17.8 Å². The number of ether oxygens (including phenoxy) is 1. The van der Waals surface area contributed by atoms with Crippen LogP contribution in [-0.4, -0.2) is 38.8 Å². The first kappa shape index (κ1) is 11.2. The molecule has 7 heteroatoms. The Hall–Kier alpha value is -1.89. The Labute approximate surface area is 103 Å². The third-order valence-electron chi connectivity index (χ3n) is 3.40. The summed E-state index contributed by atoms with van der Waals surface area (Å²) in [7, 11) is 1.73. The van der Waals surface area contributed by atoms with Gasteiger partial charge in [0.05, 0.1) is 12.1 Å². The molecular weight excluding hydrogens is 234 g/mol. The number of aromatic nitrogens is 4. The van der Waals surface area contributed by atoms with Crippen LogP contribution in [0.4, 0.5) is 5.82 Å². The van der Waals surface area contributed by atoms with Crippen LogP contribution in [0.5, 0.6) is 0 Å². The summed E-state index contributed by atoms with van der Waals surface area (Å²) in [6.45, 7) is 0. The van der Waals surface area contributed by atoms with E-state index in [0.29, 0.717) is 5.65 Å². The first-order chi connectivity index (χ1) is 8.78. The normalized spacial score (nSPS) is 23.6. The van der Waals surface area contributed by atoms with Crippen molar-refractivity contribution in [3.05, 3.63) is 22.9 Å². The highest BCUT2D eigenvalue weighted by Crippen LogP contribution is 2.24. The fourth-order valence-electron chi connectivity index (χ4n) is 2.45. The second-order valence-electron chi connectivity index (χ2n) is 4.49. The number of rotatable bonds is 3. The average molecular weight is 249 g/mol. The maximum atomic E-state index is 11.3. The van der Waals surface area contributed by atoms with Crippen LogP contribution in [0.25, 0.3) is 5.65 Å². The molecule has 2 aromatic heterocycles. The van der Waals surface area contributed by atoms with Crippen molar-refractivity contribution < 1.29 is 4.74 Å². The van der Waals surface area contributed by atoms with Crippen molar-refractivity contribution in [3.8, 4) is 0 Å². The second-order valence-corrected chi connectivity index (χ2v) is 4.49. The number of anilines is 1. The smallest absolute Gasteiger partial charge is 0.348 e. The Morgan fingerprint density at radius 2 is 2.44 bits per heavy atom. The molecule has 1 aliphatic rings. The number of methoxy groups -OCH3 is 1. The van der Waals surface area contributed by atoms with Crippen LogP contribution in [0.1, 0.15) is 19.3 Å². The fourth-order valence-corrected chi connectivity index (χ4v) is 2.45. The number of nitrogens with one attached hydrogen (secondary N) is 2. The summed E-state index contributed by atoms with van der Waals surface area (Å²) in [6, 6.07) is 2.03. The van der Waals surface area contributed by atoms with E-state index in [0.717, 1.165) is 25.1 Å². The molecule has 1 aliphatic carbocycles. The van der Waals surface area contributed by atoms with Crippen molar-refractivity contribution in [1.29, 1.82) is 0 Å². The molecule has 1 fully saturated rings. The molecule has 0 aliphatic heterocycles. The molecule has 96 valence electrons. The Balaban J connectivity index is 1.84. The van der Waals surface area contributed by atoms with Gasteiger partial charge in [-0.25, -0.2) is 19.3 Å². The first-order valence-electron chi connectivity index (χ1n) is 6.00. The van der Waals surface area contributed by atoms with E-state index >= 15 is 0 Å². The van der Waals surface area contributed by atoms with E-state index in [4.69, 9.17) is 4.74 Å². The topological polar surface area (TPSA) is 84.3 Å². The molecule has 2 aromatic rings. The van der Waals surface area contributed by atoms with E-state index in [1.165, 1.54) is 10.7 Å². The van der Waals surface area contributed by atoms with Crippen LogP contribution in [0.2, 0.25) is 0 Å². The molecule has 0 saturated heterocycles. The van der Waals surface area contributed by atoms with Gasteiger partial charge in [0.2, 0.25) is 0 Å². The Kier molecular flexibility index (Phi) is 2.75. The standard InChI is InChI=1S/C11H15N5O2/c1-18-8-4-2-3-7(8)13-9-5-10-14-15-11(17)16(10)6-12-9/h5-8,13H,2-4H2,1H3,(H,15,17). The van der Waals surface area contributed by atoms with E-state index < -0.39 is 0 Å². The molecule has 7 nitrogen and oxygen atoms in total. The molecule has 0 radical (unpaired) electrons. The molecule has 0 amide bonds. The van der Waals surface area contributed by atoms with Gasteiger partial charge in [0.15, 0.2) is 5.65 Å². The highest BCUT2D eigenvalue weighted by molar-refractivity contribution is 5.48. The van der Waals surface area contributed by atoms with E-state index in [1.54, 1.807) is 13.2 Å². The Morgan fingerprint density at radius 1 is 1.56 bits per heavy atom. The third-order valence-corrected chi connectivity index (χ3v) is 3.40. The summed E-state index contributed by atoms with van der Waals surface area (Å²) in [4.78, 5) is 15.5. The van der Waals surface area contributed by atoms with Gasteiger partial charge in [-0.2, -0.15) is 5.10 Å². The predicted octanol–water partition coefficient (Wildman–Crippen LogP) is 0.397. The van der Waals surface area contributed by atoms with Gasteiger partial charge in [-0.1, -0.05) is 0 Å². The SMILES string of the molecule is COC1CCCC1Nc1cc2n[nH]c(=O)n2cn1. The summed E-state index contributed by atoms with van der Waals surface area (Å²) in [5, 5.41) is 9.63. The minimum atomic E-state index is -0.278. The second kappa shape index (κ2) is 4.41. The van der Waals surface area contributed by atoms with Gasteiger partial charge in [-0.05, 0) is 19.3 Å². The number of hydrogen-bond donors (Lipinski definition) is 2. The molecule has 3 rings (SSSR count). The van der Waals surface area contributed by atoms with Crippen LogP contribution in [0.3, 0.4) is 0 Å². The van der Waals surface area contributed by atoms with E-state index in [9.17, 15) is 4.79 Å². The summed E-state index contributed by atoms with van der Waals surface area (Å²) >= 11 is 0. The van der Waals surface area contributed by atoms with Crippen LogP contribution in [0, 0.1) is 0 Å². The third kappa shape index (κ3) is 1.86. The summed E-state index contributed by atoms with van der Waals surface area (Å²) in [5.74, 6) is 0.718.